The van der Waals surface area contributed by atoms with Crippen molar-refractivity contribution in [1.82, 2.24) is 5.32 Å². The van der Waals surface area contributed by atoms with Crippen LogP contribution in [0.15, 0.2) is 24.3 Å². The summed E-state index contributed by atoms with van der Waals surface area (Å²) in [6.45, 7) is 0.150. The second-order valence-corrected chi connectivity index (χ2v) is 3.43. The third-order valence-corrected chi connectivity index (χ3v) is 2.20. The molecule has 7 heteroatoms. The second-order valence-electron chi connectivity index (χ2n) is 3.43. The Morgan fingerprint density at radius 2 is 2.18 bits per heavy atom. The van der Waals surface area contributed by atoms with Gasteiger partial charge in [0.2, 0.25) is 0 Å². The van der Waals surface area contributed by atoms with Crippen LogP contribution < -0.4 is 16.4 Å². The minimum atomic E-state index is -1.02. The summed E-state index contributed by atoms with van der Waals surface area (Å²) in [4.78, 5) is 10.9. The van der Waals surface area contributed by atoms with Crippen LogP contribution in [0.5, 0.6) is 0 Å². The van der Waals surface area contributed by atoms with Crippen molar-refractivity contribution in [2.45, 2.75) is 6.04 Å². The first kappa shape index (κ1) is 13.2. The van der Waals surface area contributed by atoms with Gasteiger partial charge in [0.05, 0.1) is 0 Å². The molecule has 0 saturated heterocycles. The van der Waals surface area contributed by atoms with Crippen LogP contribution in [-0.2, 0) is 9.50 Å². The molecule has 0 bridgehead atoms. The predicted molar refractivity (Wildman–Crippen MR) is 65.2 cm³/mol. The topological polar surface area (TPSA) is 104 Å². The number of carboxylic acids is 1. The second kappa shape index (κ2) is 6.64. The van der Waals surface area contributed by atoms with Crippen LogP contribution in [-0.4, -0.2) is 37.3 Å². The van der Waals surface area contributed by atoms with E-state index in [4.69, 9.17) is 10.8 Å². The van der Waals surface area contributed by atoms with Gasteiger partial charge in [-0.3, -0.25) is 0 Å². The molecule has 1 aromatic carbocycles. The summed E-state index contributed by atoms with van der Waals surface area (Å²) in [5, 5.41) is 14.4. The number of carbonyl (C=O) groups is 1. The number of nitrogen functional groups attached to an aromatic ring is 1. The molecule has 0 radical (unpaired) electrons. The molecule has 0 aromatic heterocycles. The van der Waals surface area contributed by atoms with Crippen molar-refractivity contribution in [2.24, 2.45) is 0 Å². The van der Waals surface area contributed by atoms with Crippen LogP contribution in [0.2, 0.25) is 0 Å². The normalized spacial score (nSPS) is 11.5. The van der Waals surface area contributed by atoms with E-state index in [0.29, 0.717) is 18.5 Å². The van der Waals surface area contributed by atoms with Crippen molar-refractivity contribution in [3.05, 3.63) is 24.3 Å². The molecule has 17 heavy (non-hydrogen) atoms. The van der Waals surface area contributed by atoms with Crippen molar-refractivity contribution in [1.29, 1.82) is 0 Å². The summed E-state index contributed by atoms with van der Waals surface area (Å²) in [5.74, 6) is -1.02. The van der Waals surface area contributed by atoms with Crippen LogP contribution in [0.3, 0.4) is 0 Å². The van der Waals surface area contributed by atoms with Gasteiger partial charge in [-0.15, -0.1) is 0 Å². The summed E-state index contributed by atoms with van der Waals surface area (Å²) >= 11 is 0. The molecule has 0 aliphatic heterocycles. The molecule has 1 aromatic rings. The van der Waals surface area contributed by atoms with Gasteiger partial charge in [0, 0.05) is 0 Å². The van der Waals surface area contributed by atoms with Gasteiger partial charge in [-0.1, -0.05) is 0 Å². The number of para-hydroxylation sites is 2. The Balaban J connectivity index is 2.54. The number of carboxylic acid groups (broad SMARTS) is 1. The van der Waals surface area contributed by atoms with Crippen molar-refractivity contribution < 1.29 is 14.6 Å². The van der Waals surface area contributed by atoms with E-state index >= 15 is 0 Å². The van der Waals surface area contributed by atoms with Crippen molar-refractivity contribution in [3.63, 3.8) is 0 Å². The first-order valence-electron chi connectivity index (χ1n) is 5.13. The zero-order chi connectivity index (χ0) is 12.7. The molecule has 0 fully saturated rings. The molecule has 1 rings (SSSR count). The number of nitrogens with one attached hydrogen (secondary N) is 2. The van der Waals surface area contributed by atoms with Gasteiger partial charge in [-0.05, 0) is 0 Å². The van der Waals surface area contributed by atoms with Crippen molar-refractivity contribution in [2.75, 3.05) is 24.0 Å². The van der Waals surface area contributed by atoms with E-state index < -0.39 is 12.0 Å². The Morgan fingerprint density at radius 1 is 1.47 bits per heavy atom. The molecule has 0 amide bonds. The third-order valence-electron chi connectivity index (χ3n) is 2.20. The molecular weight excluding hydrogens is 221 g/mol. The summed E-state index contributed by atoms with van der Waals surface area (Å²) in [6.07, 6.45) is 0.00290. The molecule has 0 aliphatic rings. The van der Waals surface area contributed by atoms with E-state index in [1.54, 1.807) is 24.3 Å². The monoisotopic (exact) mass is 235 g/mol. The van der Waals surface area contributed by atoms with Gasteiger partial charge >= 0.3 is 98.8 Å². The molecular formula is C10H14BN3O3. The Bertz CT molecular complexity index is 400. The van der Waals surface area contributed by atoms with Gasteiger partial charge in [-0.2, -0.15) is 0 Å². The van der Waals surface area contributed by atoms with Gasteiger partial charge in [-0.25, -0.2) is 0 Å². The molecule has 6 nitrogen and oxygen atoms in total. The molecule has 90 valence electrons. The van der Waals surface area contributed by atoms with Crippen molar-refractivity contribution in [3.8, 4) is 0 Å². The zero-order valence-electron chi connectivity index (χ0n) is 9.22. The minimum absolute atomic E-state index is 0.00290. The fraction of sp³-hybridized carbons (Fsp3) is 0.300. The average molecular weight is 235 g/mol. The average Bonchev–Trinajstić information content (AvgIpc) is 2.31. The van der Waals surface area contributed by atoms with Crippen molar-refractivity contribution >= 4 is 24.5 Å². The standard InChI is InChI=1S/C10H14BN3O3/c12-7-3-1-2-4-8(7)13-5-9(10(15)16)14-6-11-17/h1-4,9,13-14H,5-6,12H2,(H,15,16)/t9-/m0/s1. The molecule has 1 atom stereocenters. The first-order valence-corrected chi connectivity index (χ1v) is 5.13. The molecule has 0 aliphatic carbocycles. The summed E-state index contributed by atoms with van der Waals surface area (Å²) in [6, 6.07) is 6.23. The number of benzene rings is 1. The predicted octanol–water partition coefficient (Wildman–Crippen LogP) is -0.269. The van der Waals surface area contributed by atoms with Gasteiger partial charge in [0.1, 0.15) is 0 Å². The van der Waals surface area contributed by atoms with E-state index in [1.165, 1.54) is 0 Å². The fourth-order valence-corrected chi connectivity index (χ4v) is 1.31. The Hall–Kier alpha value is -1.89. The SMILES string of the molecule is Nc1ccccc1NC[C@H](NCB=O)C(=O)O. The van der Waals surface area contributed by atoms with Gasteiger partial charge in [0.15, 0.2) is 0 Å². The van der Waals surface area contributed by atoms with Crippen LogP contribution in [0.1, 0.15) is 0 Å². The Morgan fingerprint density at radius 3 is 2.76 bits per heavy atom. The van der Waals surface area contributed by atoms with Crippen LogP contribution in [0, 0.1) is 0 Å². The maximum absolute atomic E-state index is 10.9. The summed E-state index contributed by atoms with van der Waals surface area (Å²) < 4.78 is 10.2. The molecule has 0 saturated carbocycles. The van der Waals surface area contributed by atoms with E-state index in [9.17, 15) is 9.50 Å². The number of anilines is 2. The number of nitrogens with two attached hydrogens (primary N) is 1. The van der Waals surface area contributed by atoms with Crippen LogP contribution >= 0.6 is 0 Å². The summed E-state index contributed by atoms with van der Waals surface area (Å²) in [5.41, 5.74) is 6.92. The van der Waals surface area contributed by atoms with E-state index in [0.717, 1.165) is 0 Å². The quantitative estimate of drug-likeness (QED) is 0.383. The van der Waals surface area contributed by atoms with Gasteiger partial charge in [0.25, 0.3) is 0 Å². The molecule has 5 N–H and O–H groups in total. The van der Waals surface area contributed by atoms with Crippen LogP contribution in [0.4, 0.5) is 11.4 Å². The van der Waals surface area contributed by atoms with Gasteiger partial charge < -0.3 is 0 Å². The van der Waals surface area contributed by atoms with E-state index in [2.05, 4.69) is 10.6 Å². The molecule has 0 spiro atoms. The number of hydrogen-bond acceptors (Lipinski definition) is 5. The Labute approximate surface area is 99.5 Å². The first-order chi connectivity index (χ1) is 8.15. The van der Waals surface area contributed by atoms with Crippen LogP contribution in [0.25, 0.3) is 0 Å². The third kappa shape index (κ3) is 4.24. The number of rotatable bonds is 7. The van der Waals surface area contributed by atoms with E-state index in [-0.39, 0.29) is 13.0 Å². The number of aliphatic carboxylic acids is 1. The molecule has 0 heterocycles. The maximum atomic E-state index is 10.9. The fourth-order valence-electron chi connectivity index (χ4n) is 1.31. The number of hydrogen-bond donors (Lipinski definition) is 4. The molecule has 0 unspecified atom stereocenters. The summed E-state index contributed by atoms with van der Waals surface area (Å²) in [7, 11) is 0.618. The zero-order valence-corrected chi connectivity index (χ0v) is 9.22. The van der Waals surface area contributed by atoms with E-state index in [1.807, 2.05) is 0 Å². The Kier molecular flexibility index (Phi) is 5.15.